The van der Waals surface area contributed by atoms with Gasteiger partial charge in [0.2, 0.25) is 0 Å². The summed E-state index contributed by atoms with van der Waals surface area (Å²) in [7, 11) is 0. The molecular weight excluding hydrogens is 346 g/mol. The molecule has 0 aliphatic heterocycles. The molecule has 0 bridgehead atoms. The van der Waals surface area contributed by atoms with Gasteiger partial charge in [-0.15, -0.1) is 11.3 Å². The van der Waals surface area contributed by atoms with Crippen LogP contribution in [-0.4, -0.2) is 18.1 Å². The number of hydrogen-bond donors (Lipinski definition) is 0. The highest BCUT2D eigenvalue weighted by molar-refractivity contribution is 7.10. The maximum absolute atomic E-state index is 13.2. The van der Waals surface area contributed by atoms with Gasteiger partial charge < -0.3 is 0 Å². The number of nitrogens with zero attached hydrogens (tertiary/aromatic N) is 1. The largest absolute Gasteiger partial charge is 0.293 e. The lowest BCUT2D eigenvalue weighted by Gasteiger charge is -2.22. The predicted molar refractivity (Wildman–Crippen MR) is 103 cm³/mol. The summed E-state index contributed by atoms with van der Waals surface area (Å²) >= 11 is 1.42. The van der Waals surface area contributed by atoms with Crippen molar-refractivity contribution in [2.45, 2.75) is 5.92 Å². The van der Waals surface area contributed by atoms with Crippen molar-refractivity contribution >= 4 is 22.9 Å². The lowest BCUT2D eigenvalue weighted by atomic mass is 9.79. The van der Waals surface area contributed by atoms with Crippen molar-refractivity contribution in [3.05, 3.63) is 99.1 Å². The normalized spacial score (nSPS) is 11.9. The van der Waals surface area contributed by atoms with Crippen molar-refractivity contribution in [2.75, 3.05) is 6.54 Å². The van der Waals surface area contributed by atoms with E-state index in [1.54, 1.807) is 48.5 Å². The molecule has 0 spiro atoms. The van der Waals surface area contributed by atoms with Crippen molar-refractivity contribution in [2.24, 2.45) is 11.1 Å². The van der Waals surface area contributed by atoms with Crippen LogP contribution in [0.4, 0.5) is 0 Å². The standard InChI is InChI=1S/C21H17NO3S/c23-20(15-8-3-1-4-9-15)19(21(24)16-10-5-2-6-11-16)17(14-22-25)18-12-7-13-26-18/h1-13,17,19H,14H2/t17-/m1/s1. The number of ketones is 2. The quantitative estimate of drug-likeness (QED) is 0.322. The van der Waals surface area contributed by atoms with E-state index in [2.05, 4.69) is 5.18 Å². The summed E-state index contributed by atoms with van der Waals surface area (Å²) in [5.41, 5.74) is 0.906. The number of nitroso groups, excluding NO2 is 1. The van der Waals surface area contributed by atoms with E-state index in [4.69, 9.17) is 0 Å². The van der Waals surface area contributed by atoms with Crippen LogP contribution in [-0.2, 0) is 0 Å². The van der Waals surface area contributed by atoms with Crippen LogP contribution in [0.15, 0.2) is 83.4 Å². The highest BCUT2D eigenvalue weighted by Gasteiger charge is 2.37. The van der Waals surface area contributed by atoms with Crippen LogP contribution in [0.2, 0.25) is 0 Å². The highest BCUT2D eigenvalue weighted by Crippen LogP contribution is 2.33. The number of rotatable bonds is 8. The summed E-state index contributed by atoms with van der Waals surface area (Å²) in [5.74, 6) is -2.15. The van der Waals surface area contributed by atoms with Gasteiger partial charge in [-0.1, -0.05) is 71.9 Å². The zero-order chi connectivity index (χ0) is 18.4. The van der Waals surface area contributed by atoms with E-state index in [-0.39, 0.29) is 18.1 Å². The monoisotopic (exact) mass is 363 g/mol. The number of thiophene rings is 1. The van der Waals surface area contributed by atoms with Crippen LogP contribution in [0, 0.1) is 10.8 Å². The second kappa shape index (κ2) is 8.45. The molecule has 3 rings (SSSR count). The average molecular weight is 363 g/mol. The summed E-state index contributed by atoms with van der Waals surface area (Å²) in [5, 5.41) is 4.88. The Morgan fingerprint density at radius 3 is 1.77 bits per heavy atom. The van der Waals surface area contributed by atoms with Crippen LogP contribution in [0.1, 0.15) is 31.5 Å². The molecule has 0 radical (unpaired) electrons. The zero-order valence-corrected chi connectivity index (χ0v) is 14.8. The third kappa shape index (κ3) is 3.83. The fraction of sp³-hybridized carbons (Fsp3) is 0.143. The minimum absolute atomic E-state index is 0.123. The molecule has 2 aromatic carbocycles. The number of Topliss-reactive ketones (excluding diaryl/α,β-unsaturated/α-hetero) is 2. The van der Waals surface area contributed by atoms with E-state index in [0.717, 1.165) is 4.88 Å². The van der Waals surface area contributed by atoms with Crippen LogP contribution in [0.3, 0.4) is 0 Å². The Balaban J connectivity index is 2.07. The lowest BCUT2D eigenvalue weighted by molar-refractivity contribution is 0.0785. The average Bonchev–Trinajstić information content (AvgIpc) is 3.23. The van der Waals surface area contributed by atoms with Gasteiger partial charge in [-0.05, 0) is 11.4 Å². The molecule has 0 N–H and O–H groups in total. The van der Waals surface area contributed by atoms with Crippen molar-refractivity contribution in [1.82, 2.24) is 0 Å². The van der Waals surface area contributed by atoms with Gasteiger partial charge in [0.15, 0.2) is 11.6 Å². The molecule has 5 heteroatoms. The Morgan fingerprint density at radius 1 is 0.808 bits per heavy atom. The van der Waals surface area contributed by atoms with Gasteiger partial charge in [-0.3, -0.25) is 9.59 Å². The molecule has 0 unspecified atom stereocenters. The first-order chi connectivity index (χ1) is 12.7. The first-order valence-electron chi connectivity index (χ1n) is 8.23. The topological polar surface area (TPSA) is 63.6 Å². The van der Waals surface area contributed by atoms with Gasteiger partial charge in [0.05, 0.1) is 12.5 Å². The number of carbonyl (C=O) groups is 2. The zero-order valence-electron chi connectivity index (χ0n) is 13.9. The Hall–Kier alpha value is -2.92. The third-order valence-corrected chi connectivity index (χ3v) is 5.27. The first kappa shape index (κ1) is 17.9. The van der Waals surface area contributed by atoms with E-state index in [9.17, 15) is 14.5 Å². The van der Waals surface area contributed by atoms with Gasteiger partial charge in [0.1, 0.15) is 0 Å². The summed E-state index contributed by atoms with van der Waals surface area (Å²) in [6.07, 6.45) is 0. The number of carbonyl (C=O) groups excluding carboxylic acids is 2. The minimum atomic E-state index is -0.990. The fourth-order valence-corrected chi connectivity index (χ4v) is 3.85. The maximum Gasteiger partial charge on any atom is 0.174 e. The Bertz CT molecular complexity index is 825. The second-order valence-electron chi connectivity index (χ2n) is 5.87. The Labute approximate surface area is 155 Å². The molecule has 0 fully saturated rings. The second-order valence-corrected chi connectivity index (χ2v) is 6.85. The summed E-state index contributed by atoms with van der Waals surface area (Å²) in [6.45, 7) is -0.123. The number of benzene rings is 2. The van der Waals surface area contributed by atoms with Crippen LogP contribution < -0.4 is 0 Å². The Morgan fingerprint density at radius 2 is 1.35 bits per heavy atom. The van der Waals surface area contributed by atoms with Gasteiger partial charge in [-0.25, -0.2) is 0 Å². The molecule has 1 atom stereocenters. The summed E-state index contributed by atoms with van der Waals surface area (Å²) < 4.78 is 0. The predicted octanol–water partition coefficient (Wildman–Crippen LogP) is 4.98. The first-order valence-corrected chi connectivity index (χ1v) is 9.11. The van der Waals surface area contributed by atoms with Crippen LogP contribution in [0.5, 0.6) is 0 Å². The molecule has 130 valence electrons. The van der Waals surface area contributed by atoms with Crippen LogP contribution in [0.25, 0.3) is 0 Å². The molecule has 1 heterocycles. The molecule has 0 aliphatic rings. The molecule has 0 saturated carbocycles. The fourth-order valence-electron chi connectivity index (χ4n) is 2.99. The van der Waals surface area contributed by atoms with Crippen molar-refractivity contribution < 1.29 is 9.59 Å². The maximum atomic E-state index is 13.2. The molecule has 0 saturated heterocycles. The Kier molecular flexibility index (Phi) is 5.81. The van der Waals surface area contributed by atoms with E-state index < -0.39 is 11.8 Å². The van der Waals surface area contributed by atoms with Gasteiger partial charge in [-0.2, -0.15) is 4.91 Å². The van der Waals surface area contributed by atoms with E-state index >= 15 is 0 Å². The molecule has 0 aliphatic carbocycles. The SMILES string of the molecule is O=NC[C@H](c1cccs1)C(C(=O)c1ccccc1)C(=O)c1ccccc1. The van der Waals surface area contributed by atoms with Gasteiger partial charge in [0, 0.05) is 21.9 Å². The highest BCUT2D eigenvalue weighted by atomic mass is 32.1. The third-order valence-electron chi connectivity index (χ3n) is 4.26. The van der Waals surface area contributed by atoms with Crippen molar-refractivity contribution in [3.63, 3.8) is 0 Å². The number of hydrogen-bond acceptors (Lipinski definition) is 5. The molecule has 4 nitrogen and oxygen atoms in total. The van der Waals surface area contributed by atoms with E-state index in [1.165, 1.54) is 11.3 Å². The van der Waals surface area contributed by atoms with E-state index in [1.807, 2.05) is 29.6 Å². The summed E-state index contributed by atoms with van der Waals surface area (Å²) in [6, 6.07) is 21.1. The van der Waals surface area contributed by atoms with Crippen LogP contribution >= 0.6 is 11.3 Å². The molecule has 1 aromatic heterocycles. The van der Waals surface area contributed by atoms with Gasteiger partial charge >= 0.3 is 0 Å². The smallest absolute Gasteiger partial charge is 0.174 e. The van der Waals surface area contributed by atoms with Gasteiger partial charge in [0.25, 0.3) is 0 Å². The molecular formula is C21H17NO3S. The van der Waals surface area contributed by atoms with E-state index in [0.29, 0.717) is 11.1 Å². The molecule has 26 heavy (non-hydrogen) atoms. The summed E-state index contributed by atoms with van der Waals surface area (Å²) in [4.78, 5) is 38.3. The molecule has 3 aromatic rings. The van der Waals surface area contributed by atoms with Crippen molar-refractivity contribution in [3.8, 4) is 0 Å². The van der Waals surface area contributed by atoms with Crippen molar-refractivity contribution in [1.29, 1.82) is 0 Å². The molecule has 0 amide bonds. The lowest BCUT2D eigenvalue weighted by Crippen LogP contribution is -2.31. The minimum Gasteiger partial charge on any atom is -0.293 e.